The van der Waals surface area contributed by atoms with E-state index in [1.165, 1.54) is 12.1 Å². The molecule has 2 aromatic carbocycles. The number of aromatic nitrogens is 3. The lowest BCUT2D eigenvalue weighted by Gasteiger charge is -2.07. The Labute approximate surface area is 135 Å². The molecular formula is C17H11FN4O2. The van der Waals surface area contributed by atoms with Crippen LogP contribution in [0.25, 0.3) is 32.8 Å². The average Bonchev–Trinajstić information content (AvgIpc) is 3.01. The van der Waals surface area contributed by atoms with Gasteiger partial charge in [0.05, 0.1) is 11.7 Å². The molecule has 0 saturated carbocycles. The molecule has 24 heavy (non-hydrogen) atoms. The molecule has 0 radical (unpaired) electrons. The van der Waals surface area contributed by atoms with Crippen molar-refractivity contribution in [3.05, 3.63) is 54.6 Å². The van der Waals surface area contributed by atoms with Gasteiger partial charge < -0.3 is 5.11 Å². The van der Waals surface area contributed by atoms with Crippen molar-refractivity contribution in [3.8, 4) is 11.1 Å². The van der Waals surface area contributed by atoms with Gasteiger partial charge in [0.25, 0.3) is 0 Å². The Morgan fingerprint density at radius 2 is 2.00 bits per heavy atom. The third-order valence-electron chi connectivity index (χ3n) is 3.79. The third kappa shape index (κ3) is 2.41. The molecule has 0 fully saturated rings. The minimum absolute atomic E-state index is 0.255. The van der Waals surface area contributed by atoms with E-state index in [2.05, 4.69) is 20.5 Å². The minimum Gasteiger partial charge on any atom is -0.465 e. The summed E-state index contributed by atoms with van der Waals surface area (Å²) in [5, 5.41) is 20.2. The molecule has 7 heteroatoms. The fourth-order valence-electron chi connectivity index (χ4n) is 2.74. The number of benzene rings is 2. The molecule has 0 aliphatic carbocycles. The number of halogens is 1. The van der Waals surface area contributed by atoms with Crippen LogP contribution in [0.4, 0.5) is 15.0 Å². The zero-order chi connectivity index (χ0) is 16.7. The highest BCUT2D eigenvalue weighted by molar-refractivity contribution is 5.98. The molecule has 6 nitrogen and oxygen atoms in total. The highest BCUT2D eigenvalue weighted by atomic mass is 19.1. The van der Waals surface area contributed by atoms with E-state index in [9.17, 15) is 9.18 Å². The molecule has 3 N–H and O–H groups in total. The van der Waals surface area contributed by atoms with Crippen molar-refractivity contribution in [2.75, 3.05) is 5.32 Å². The summed E-state index contributed by atoms with van der Waals surface area (Å²) in [4.78, 5) is 14.7. The number of aromatic amines is 1. The minimum atomic E-state index is -1.17. The van der Waals surface area contributed by atoms with E-state index < -0.39 is 6.09 Å². The molecule has 0 saturated heterocycles. The van der Waals surface area contributed by atoms with Crippen molar-refractivity contribution in [2.24, 2.45) is 0 Å². The molecule has 4 aromatic rings. The molecule has 0 bridgehead atoms. The average molecular weight is 322 g/mol. The highest BCUT2D eigenvalue weighted by Gasteiger charge is 2.09. The fraction of sp³-hybridized carbons (Fsp3) is 0. The topological polar surface area (TPSA) is 90.9 Å². The van der Waals surface area contributed by atoms with E-state index in [-0.39, 0.29) is 11.6 Å². The largest absolute Gasteiger partial charge is 0.465 e. The molecule has 4 rings (SSSR count). The summed E-state index contributed by atoms with van der Waals surface area (Å²) in [7, 11) is 0. The lowest BCUT2D eigenvalue weighted by atomic mass is 9.99. The first-order valence-electron chi connectivity index (χ1n) is 7.13. The van der Waals surface area contributed by atoms with Gasteiger partial charge in [0.15, 0.2) is 0 Å². The van der Waals surface area contributed by atoms with E-state index in [4.69, 9.17) is 5.11 Å². The molecule has 0 spiro atoms. The van der Waals surface area contributed by atoms with Crippen molar-refractivity contribution < 1.29 is 14.3 Å². The zero-order valence-electron chi connectivity index (χ0n) is 12.2. The third-order valence-corrected chi connectivity index (χ3v) is 3.79. The van der Waals surface area contributed by atoms with E-state index in [1.807, 2.05) is 18.2 Å². The lowest BCUT2D eigenvalue weighted by molar-refractivity contribution is 0.209. The molecule has 2 aromatic heterocycles. The number of carbonyl (C=O) groups is 1. The Kier molecular flexibility index (Phi) is 3.13. The molecule has 0 atom stereocenters. The Morgan fingerprint density at radius 3 is 2.83 bits per heavy atom. The van der Waals surface area contributed by atoms with Crippen LogP contribution in [-0.2, 0) is 0 Å². The zero-order valence-corrected chi connectivity index (χ0v) is 12.2. The second-order valence-electron chi connectivity index (χ2n) is 5.35. The maximum atomic E-state index is 13.8. The van der Waals surface area contributed by atoms with Crippen LogP contribution in [0.1, 0.15) is 0 Å². The Hall–Kier alpha value is -3.48. The number of pyridine rings is 1. The Balaban J connectivity index is 1.85. The first-order chi connectivity index (χ1) is 11.6. The predicted molar refractivity (Wildman–Crippen MR) is 88.4 cm³/mol. The molecule has 118 valence electrons. The molecular weight excluding hydrogens is 311 g/mol. The van der Waals surface area contributed by atoms with Gasteiger partial charge in [0, 0.05) is 17.0 Å². The van der Waals surface area contributed by atoms with Gasteiger partial charge in [0.1, 0.15) is 11.6 Å². The number of hydrogen-bond acceptors (Lipinski definition) is 3. The number of amides is 1. The van der Waals surface area contributed by atoms with Crippen LogP contribution in [0.3, 0.4) is 0 Å². The van der Waals surface area contributed by atoms with Gasteiger partial charge >= 0.3 is 6.09 Å². The van der Waals surface area contributed by atoms with E-state index in [0.717, 1.165) is 27.3 Å². The SMILES string of the molecule is O=C(O)Nc1cc2ccc(-c3cc(F)cc4[nH]ncc34)cc2cn1. The fourth-order valence-corrected chi connectivity index (χ4v) is 2.74. The number of H-pyrrole nitrogens is 1. The summed E-state index contributed by atoms with van der Waals surface area (Å²) >= 11 is 0. The number of anilines is 1. The summed E-state index contributed by atoms with van der Waals surface area (Å²) < 4.78 is 13.8. The second kappa shape index (κ2) is 5.31. The lowest BCUT2D eigenvalue weighted by Crippen LogP contribution is -2.08. The van der Waals surface area contributed by atoms with Crippen molar-refractivity contribution >= 4 is 33.6 Å². The summed E-state index contributed by atoms with van der Waals surface area (Å²) in [5.74, 6) is -0.0910. The van der Waals surface area contributed by atoms with Gasteiger partial charge in [-0.05, 0) is 40.8 Å². The first kappa shape index (κ1) is 14.1. The molecule has 0 aliphatic heterocycles. The van der Waals surface area contributed by atoms with Gasteiger partial charge in [-0.15, -0.1) is 0 Å². The Morgan fingerprint density at radius 1 is 1.12 bits per heavy atom. The number of fused-ring (bicyclic) bond motifs is 2. The second-order valence-corrected chi connectivity index (χ2v) is 5.35. The number of nitrogens with one attached hydrogen (secondary N) is 2. The van der Waals surface area contributed by atoms with Gasteiger partial charge in [-0.25, -0.2) is 14.2 Å². The van der Waals surface area contributed by atoms with Crippen molar-refractivity contribution in [3.63, 3.8) is 0 Å². The van der Waals surface area contributed by atoms with Crippen LogP contribution in [0.15, 0.2) is 48.8 Å². The molecule has 0 unspecified atom stereocenters. The van der Waals surface area contributed by atoms with Crippen molar-refractivity contribution in [1.82, 2.24) is 15.2 Å². The van der Waals surface area contributed by atoms with Crippen molar-refractivity contribution in [2.45, 2.75) is 0 Å². The number of nitrogens with zero attached hydrogens (tertiary/aromatic N) is 2. The molecule has 2 heterocycles. The number of carboxylic acid groups (broad SMARTS) is 1. The van der Waals surface area contributed by atoms with Crippen LogP contribution < -0.4 is 5.32 Å². The van der Waals surface area contributed by atoms with E-state index >= 15 is 0 Å². The standard InChI is InChI=1S/C17H11FN4O2/c18-12-5-13(14-8-20-22-15(14)6-12)10-2-1-9-4-16(21-17(23)24)19-7-11(9)3-10/h1-8H,(H,19,21)(H,20,22)(H,23,24). The van der Waals surface area contributed by atoms with Gasteiger partial charge in [-0.1, -0.05) is 12.1 Å². The van der Waals surface area contributed by atoms with E-state index in [0.29, 0.717) is 5.52 Å². The highest BCUT2D eigenvalue weighted by Crippen LogP contribution is 2.31. The van der Waals surface area contributed by atoms with E-state index in [1.54, 1.807) is 18.5 Å². The molecule has 1 amide bonds. The van der Waals surface area contributed by atoms with Gasteiger partial charge in [0.2, 0.25) is 0 Å². The van der Waals surface area contributed by atoms with Crippen LogP contribution in [0.2, 0.25) is 0 Å². The Bertz CT molecular complexity index is 1090. The normalized spacial score (nSPS) is 11.0. The predicted octanol–water partition coefficient (Wildman–Crippen LogP) is 4.01. The quantitative estimate of drug-likeness (QED) is 0.520. The molecule has 0 aliphatic rings. The summed E-state index contributed by atoms with van der Waals surface area (Å²) in [6.45, 7) is 0. The number of hydrogen-bond donors (Lipinski definition) is 3. The van der Waals surface area contributed by atoms with Crippen LogP contribution in [0.5, 0.6) is 0 Å². The van der Waals surface area contributed by atoms with Crippen LogP contribution in [-0.4, -0.2) is 26.4 Å². The summed E-state index contributed by atoms with van der Waals surface area (Å²) in [6, 6.07) is 10.1. The van der Waals surface area contributed by atoms with Crippen LogP contribution in [0, 0.1) is 5.82 Å². The van der Waals surface area contributed by atoms with Gasteiger partial charge in [-0.2, -0.15) is 5.10 Å². The summed E-state index contributed by atoms with van der Waals surface area (Å²) in [5.41, 5.74) is 2.19. The summed E-state index contributed by atoms with van der Waals surface area (Å²) in [6.07, 6.45) is 2.07. The monoisotopic (exact) mass is 322 g/mol. The number of rotatable bonds is 2. The maximum Gasteiger partial charge on any atom is 0.410 e. The smallest absolute Gasteiger partial charge is 0.410 e. The van der Waals surface area contributed by atoms with Crippen molar-refractivity contribution in [1.29, 1.82) is 0 Å². The van der Waals surface area contributed by atoms with Gasteiger partial charge in [-0.3, -0.25) is 10.4 Å². The van der Waals surface area contributed by atoms with Crippen LogP contribution >= 0.6 is 0 Å². The first-order valence-corrected chi connectivity index (χ1v) is 7.13. The maximum absolute atomic E-state index is 13.8.